The van der Waals surface area contributed by atoms with Crippen LogP contribution in [0.4, 0.5) is 0 Å². The average molecular weight is 240 g/mol. The van der Waals surface area contributed by atoms with Crippen LogP contribution in [-0.4, -0.2) is 12.7 Å². The number of halogens is 1. The third kappa shape index (κ3) is 3.21. The van der Waals surface area contributed by atoms with E-state index in [0.29, 0.717) is 6.10 Å². The summed E-state index contributed by atoms with van der Waals surface area (Å²) in [6, 6.07) is 7.87. The SMILES string of the molecule is NC(CCC1CCCO1)c1cccc(Cl)c1. The summed E-state index contributed by atoms with van der Waals surface area (Å²) in [6.45, 7) is 0.914. The van der Waals surface area contributed by atoms with Crippen LogP contribution in [0.3, 0.4) is 0 Å². The Bertz CT molecular complexity index is 336. The molecule has 16 heavy (non-hydrogen) atoms. The maximum Gasteiger partial charge on any atom is 0.0576 e. The van der Waals surface area contributed by atoms with Crippen LogP contribution in [0.2, 0.25) is 5.02 Å². The molecule has 1 aliphatic rings. The monoisotopic (exact) mass is 239 g/mol. The van der Waals surface area contributed by atoms with Gasteiger partial charge in [0.15, 0.2) is 0 Å². The van der Waals surface area contributed by atoms with Crippen LogP contribution in [0.1, 0.15) is 37.3 Å². The highest BCUT2D eigenvalue weighted by Crippen LogP contribution is 2.23. The van der Waals surface area contributed by atoms with Gasteiger partial charge in [0.05, 0.1) is 6.10 Å². The van der Waals surface area contributed by atoms with Gasteiger partial charge in [-0.25, -0.2) is 0 Å². The molecule has 0 radical (unpaired) electrons. The van der Waals surface area contributed by atoms with Gasteiger partial charge in [0.1, 0.15) is 0 Å². The topological polar surface area (TPSA) is 35.2 Å². The van der Waals surface area contributed by atoms with Gasteiger partial charge in [-0.05, 0) is 43.4 Å². The molecule has 3 heteroatoms. The van der Waals surface area contributed by atoms with Crippen molar-refractivity contribution in [3.05, 3.63) is 34.9 Å². The smallest absolute Gasteiger partial charge is 0.0576 e. The van der Waals surface area contributed by atoms with E-state index in [1.165, 1.54) is 12.8 Å². The highest BCUT2D eigenvalue weighted by atomic mass is 35.5. The number of nitrogens with two attached hydrogens (primary N) is 1. The van der Waals surface area contributed by atoms with Crippen LogP contribution in [0.5, 0.6) is 0 Å². The first-order valence-electron chi connectivity index (χ1n) is 5.88. The highest BCUT2D eigenvalue weighted by molar-refractivity contribution is 6.30. The Kier molecular flexibility index (Phi) is 4.22. The molecule has 0 bridgehead atoms. The van der Waals surface area contributed by atoms with E-state index < -0.39 is 0 Å². The summed E-state index contributed by atoms with van der Waals surface area (Å²) in [5.41, 5.74) is 7.24. The summed E-state index contributed by atoms with van der Waals surface area (Å²) in [6.07, 6.45) is 4.81. The fourth-order valence-electron chi connectivity index (χ4n) is 2.14. The molecule has 1 fully saturated rings. The fourth-order valence-corrected chi connectivity index (χ4v) is 2.34. The van der Waals surface area contributed by atoms with Crippen molar-refractivity contribution in [3.63, 3.8) is 0 Å². The lowest BCUT2D eigenvalue weighted by atomic mass is 10.0. The first-order valence-corrected chi connectivity index (χ1v) is 6.26. The summed E-state index contributed by atoms with van der Waals surface area (Å²) >= 11 is 5.94. The van der Waals surface area contributed by atoms with Crippen LogP contribution in [-0.2, 0) is 4.74 Å². The van der Waals surface area contributed by atoms with Crippen molar-refractivity contribution in [2.24, 2.45) is 5.73 Å². The summed E-state index contributed by atoms with van der Waals surface area (Å²) in [5.74, 6) is 0. The molecule has 1 aliphatic heterocycles. The van der Waals surface area contributed by atoms with Gasteiger partial charge in [-0.15, -0.1) is 0 Å². The molecule has 0 spiro atoms. The molecule has 1 heterocycles. The van der Waals surface area contributed by atoms with E-state index in [-0.39, 0.29) is 6.04 Å². The van der Waals surface area contributed by atoms with Crippen molar-refractivity contribution in [3.8, 4) is 0 Å². The van der Waals surface area contributed by atoms with Crippen LogP contribution >= 0.6 is 11.6 Å². The minimum Gasteiger partial charge on any atom is -0.378 e. The largest absolute Gasteiger partial charge is 0.378 e. The van der Waals surface area contributed by atoms with E-state index in [9.17, 15) is 0 Å². The number of ether oxygens (including phenoxy) is 1. The zero-order valence-corrected chi connectivity index (χ0v) is 10.1. The van der Waals surface area contributed by atoms with E-state index in [2.05, 4.69) is 0 Å². The van der Waals surface area contributed by atoms with Crippen molar-refractivity contribution < 1.29 is 4.74 Å². The van der Waals surface area contributed by atoms with E-state index in [1.807, 2.05) is 24.3 Å². The molecule has 88 valence electrons. The quantitative estimate of drug-likeness (QED) is 0.875. The van der Waals surface area contributed by atoms with Gasteiger partial charge < -0.3 is 10.5 Å². The lowest BCUT2D eigenvalue weighted by Crippen LogP contribution is -2.14. The Balaban J connectivity index is 1.85. The summed E-state index contributed by atoms with van der Waals surface area (Å²) < 4.78 is 5.58. The Morgan fingerprint density at radius 2 is 2.38 bits per heavy atom. The van der Waals surface area contributed by atoms with Crippen LogP contribution in [0.25, 0.3) is 0 Å². The molecule has 0 aliphatic carbocycles. The second-order valence-corrected chi connectivity index (χ2v) is 4.81. The molecule has 0 saturated carbocycles. The summed E-state index contributed by atoms with van der Waals surface area (Å²) in [7, 11) is 0. The zero-order chi connectivity index (χ0) is 11.4. The molecular formula is C13H18ClNO. The van der Waals surface area contributed by atoms with Gasteiger partial charge in [-0.1, -0.05) is 23.7 Å². The Morgan fingerprint density at radius 1 is 1.50 bits per heavy atom. The van der Waals surface area contributed by atoms with Crippen LogP contribution in [0, 0.1) is 0 Å². The summed E-state index contributed by atoms with van der Waals surface area (Å²) in [5, 5.41) is 0.755. The van der Waals surface area contributed by atoms with E-state index in [1.54, 1.807) is 0 Å². The third-order valence-corrected chi connectivity index (χ3v) is 3.34. The number of hydrogen-bond acceptors (Lipinski definition) is 2. The molecule has 1 aromatic carbocycles. The minimum absolute atomic E-state index is 0.0721. The van der Waals surface area contributed by atoms with E-state index >= 15 is 0 Å². The maximum absolute atomic E-state index is 6.13. The standard InChI is InChI=1S/C13H18ClNO/c14-11-4-1-3-10(9-11)13(15)7-6-12-5-2-8-16-12/h1,3-4,9,12-13H,2,5-8,15H2. The van der Waals surface area contributed by atoms with Crippen molar-refractivity contribution in [1.82, 2.24) is 0 Å². The predicted octanol–water partition coefficient (Wildman–Crippen LogP) is 3.30. The highest BCUT2D eigenvalue weighted by Gasteiger charge is 2.17. The molecule has 2 unspecified atom stereocenters. The summed E-state index contributed by atoms with van der Waals surface area (Å²) in [4.78, 5) is 0. The van der Waals surface area contributed by atoms with Crippen molar-refractivity contribution in [2.45, 2.75) is 37.8 Å². The molecular weight excluding hydrogens is 222 g/mol. The predicted molar refractivity (Wildman–Crippen MR) is 66.6 cm³/mol. The first-order chi connectivity index (χ1) is 7.75. The van der Waals surface area contributed by atoms with Crippen LogP contribution < -0.4 is 5.73 Å². The van der Waals surface area contributed by atoms with Gasteiger partial charge >= 0.3 is 0 Å². The van der Waals surface area contributed by atoms with Gasteiger partial charge in [0.2, 0.25) is 0 Å². The fraction of sp³-hybridized carbons (Fsp3) is 0.538. The molecule has 2 atom stereocenters. The second-order valence-electron chi connectivity index (χ2n) is 4.37. The molecule has 1 saturated heterocycles. The van der Waals surface area contributed by atoms with Gasteiger partial charge in [0, 0.05) is 17.7 Å². The third-order valence-electron chi connectivity index (χ3n) is 3.10. The normalized spacial score (nSPS) is 22.2. The lowest BCUT2D eigenvalue weighted by molar-refractivity contribution is 0.101. The van der Waals surface area contributed by atoms with Crippen molar-refractivity contribution in [1.29, 1.82) is 0 Å². The minimum atomic E-state index is 0.0721. The van der Waals surface area contributed by atoms with Crippen LogP contribution in [0.15, 0.2) is 24.3 Å². The van der Waals surface area contributed by atoms with Gasteiger partial charge in [-0.3, -0.25) is 0 Å². The van der Waals surface area contributed by atoms with E-state index in [4.69, 9.17) is 22.1 Å². The Hall–Kier alpha value is -0.570. The molecule has 2 nitrogen and oxygen atoms in total. The zero-order valence-electron chi connectivity index (χ0n) is 9.36. The number of hydrogen-bond donors (Lipinski definition) is 1. The van der Waals surface area contributed by atoms with Gasteiger partial charge in [-0.2, -0.15) is 0 Å². The average Bonchev–Trinajstić information content (AvgIpc) is 2.78. The van der Waals surface area contributed by atoms with Crippen molar-refractivity contribution >= 4 is 11.6 Å². The number of rotatable bonds is 4. The van der Waals surface area contributed by atoms with E-state index in [0.717, 1.165) is 30.0 Å². The maximum atomic E-state index is 6.13. The molecule has 2 rings (SSSR count). The van der Waals surface area contributed by atoms with Gasteiger partial charge in [0.25, 0.3) is 0 Å². The molecule has 1 aromatic rings. The first kappa shape index (κ1) is 11.9. The number of benzene rings is 1. The Labute approximate surface area is 102 Å². The molecule has 0 amide bonds. The Morgan fingerprint density at radius 3 is 3.06 bits per heavy atom. The molecule has 2 N–H and O–H groups in total. The second kappa shape index (κ2) is 5.67. The molecule has 0 aromatic heterocycles. The lowest BCUT2D eigenvalue weighted by Gasteiger charge is -2.15. The van der Waals surface area contributed by atoms with Crippen molar-refractivity contribution in [2.75, 3.05) is 6.61 Å².